The Kier molecular flexibility index (Phi) is 4.29. The number of aliphatic carboxylic acids is 1. The summed E-state index contributed by atoms with van der Waals surface area (Å²) in [6.07, 6.45) is 0.980. The van der Waals surface area contributed by atoms with Gasteiger partial charge in [0.2, 0.25) is 10.0 Å². The van der Waals surface area contributed by atoms with Gasteiger partial charge in [-0.15, -0.1) is 0 Å². The summed E-state index contributed by atoms with van der Waals surface area (Å²) < 4.78 is 31.4. The van der Waals surface area contributed by atoms with Crippen LogP contribution in [-0.2, 0) is 14.8 Å². The molecule has 0 spiro atoms. The molecule has 1 aromatic carbocycles. The molecular weight excluding hydrogens is 282 g/mol. The number of hydrogen-bond donors (Lipinski definition) is 2. The van der Waals surface area contributed by atoms with Gasteiger partial charge >= 0.3 is 5.97 Å². The van der Waals surface area contributed by atoms with E-state index in [2.05, 4.69) is 4.72 Å². The van der Waals surface area contributed by atoms with Gasteiger partial charge in [0.05, 0.1) is 24.8 Å². The number of carboxylic acid groups (broad SMARTS) is 1. The lowest BCUT2D eigenvalue weighted by Gasteiger charge is -2.17. The highest BCUT2D eigenvalue weighted by Gasteiger charge is 2.37. The standard InChI is InChI=1S/C13H17NO5S/c1-19-10-4-2-9(3-5-10)12(8-13(15)16)14-20(17,18)11-6-7-11/h2-5,11-12,14H,6-8H2,1H3,(H,15,16). The highest BCUT2D eigenvalue weighted by molar-refractivity contribution is 7.90. The van der Waals surface area contributed by atoms with E-state index in [0.717, 1.165) is 0 Å². The molecule has 0 aliphatic heterocycles. The van der Waals surface area contributed by atoms with Crippen molar-refractivity contribution in [3.8, 4) is 5.75 Å². The molecule has 2 rings (SSSR count). The molecule has 0 amide bonds. The lowest BCUT2D eigenvalue weighted by atomic mass is 10.0. The van der Waals surface area contributed by atoms with Gasteiger partial charge in [0, 0.05) is 0 Å². The summed E-state index contributed by atoms with van der Waals surface area (Å²) in [6.45, 7) is 0. The van der Waals surface area contributed by atoms with Gasteiger partial charge in [-0.3, -0.25) is 4.79 Å². The van der Waals surface area contributed by atoms with Gasteiger partial charge in [-0.1, -0.05) is 12.1 Å². The lowest BCUT2D eigenvalue weighted by molar-refractivity contribution is -0.137. The fraction of sp³-hybridized carbons (Fsp3) is 0.462. The van der Waals surface area contributed by atoms with E-state index >= 15 is 0 Å². The molecule has 7 heteroatoms. The summed E-state index contributed by atoms with van der Waals surface area (Å²) in [5, 5.41) is 8.56. The maximum absolute atomic E-state index is 12.0. The number of carbonyl (C=O) groups is 1. The van der Waals surface area contributed by atoms with Gasteiger partial charge in [0.25, 0.3) is 0 Å². The highest BCUT2D eigenvalue weighted by atomic mass is 32.2. The van der Waals surface area contributed by atoms with Crippen LogP contribution in [-0.4, -0.2) is 31.9 Å². The first-order valence-corrected chi connectivity index (χ1v) is 7.84. The highest BCUT2D eigenvalue weighted by Crippen LogP contribution is 2.30. The van der Waals surface area contributed by atoms with Crippen LogP contribution in [0.1, 0.15) is 30.9 Å². The Morgan fingerprint density at radius 3 is 2.45 bits per heavy atom. The molecule has 1 unspecified atom stereocenters. The number of methoxy groups -OCH3 is 1. The van der Waals surface area contributed by atoms with Crippen molar-refractivity contribution in [2.75, 3.05) is 7.11 Å². The Hall–Kier alpha value is -1.60. The largest absolute Gasteiger partial charge is 0.497 e. The molecule has 1 saturated carbocycles. The van der Waals surface area contributed by atoms with Crippen LogP contribution in [0.4, 0.5) is 0 Å². The summed E-state index contributed by atoms with van der Waals surface area (Å²) in [5.41, 5.74) is 0.609. The molecule has 110 valence electrons. The molecule has 1 aliphatic carbocycles. The van der Waals surface area contributed by atoms with Gasteiger partial charge in [-0.2, -0.15) is 0 Å². The van der Waals surface area contributed by atoms with Crippen LogP contribution in [0.25, 0.3) is 0 Å². The fourth-order valence-corrected chi connectivity index (χ4v) is 3.48. The van der Waals surface area contributed by atoms with E-state index in [1.165, 1.54) is 7.11 Å². The van der Waals surface area contributed by atoms with Crippen LogP contribution in [0.3, 0.4) is 0 Å². The predicted octanol–water partition coefficient (Wildman–Crippen LogP) is 1.29. The van der Waals surface area contributed by atoms with E-state index in [1.807, 2.05) is 0 Å². The summed E-state index contributed by atoms with van der Waals surface area (Å²) in [4.78, 5) is 10.9. The van der Waals surface area contributed by atoms with Crippen LogP contribution in [0.15, 0.2) is 24.3 Å². The average Bonchev–Trinajstić information content (AvgIpc) is 3.22. The number of hydrogen-bond acceptors (Lipinski definition) is 4. The molecule has 6 nitrogen and oxygen atoms in total. The molecule has 0 bridgehead atoms. The number of sulfonamides is 1. The van der Waals surface area contributed by atoms with Gasteiger partial charge in [-0.05, 0) is 30.5 Å². The first-order valence-electron chi connectivity index (χ1n) is 6.29. The van der Waals surface area contributed by atoms with Crippen molar-refractivity contribution < 1.29 is 23.1 Å². The van der Waals surface area contributed by atoms with Crippen LogP contribution >= 0.6 is 0 Å². The average molecular weight is 299 g/mol. The third kappa shape index (κ3) is 3.71. The van der Waals surface area contributed by atoms with E-state index in [0.29, 0.717) is 24.2 Å². The quantitative estimate of drug-likeness (QED) is 0.791. The Bertz CT molecular complexity index is 577. The number of ether oxygens (including phenoxy) is 1. The summed E-state index contributed by atoms with van der Waals surface area (Å²) in [7, 11) is -1.91. The Balaban J connectivity index is 2.19. The van der Waals surface area contributed by atoms with Gasteiger partial charge < -0.3 is 9.84 Å². The van der Waals surface area contributed by atoms with Crippen molar-refractivity contribution in [1.82, 2.24) is 4.72 Å². The second-order valence-corrected chi connectivity index (χ2v) is 6.78. The summed E-state index contributed by atoms with van der Waals surface area (Å²) in [5.74, 6) is -0.419. The zero-order chi connectivity index (χ0) is 14.8. The van der Waals surface area contributed by atoms with Crippen molar-refractivity contribution >= 4 is 16.0 Å². The van der Waals surface area contributed by atoms with Gasteiger partial charge in [0.15, 0.2) is 0 Å². The maximum atomic E-state index is 12.0. The smallest absolute Gasteiger partial charge is 0.305 e. The second kappa shape index (κ2) is 5.80. The van der Waals surface area contributed by atoms with Crippen LogP contribution in [0, 0.1) is 0 Å². The van der Waals surface area contributed by atoms with Crippen molar-refractivity contribution in [3.05, 3.63) is 29.8 Å². The molecule has 1 fully saturated rings. The van der Waals surface area contributed by atoms with E-state index in [-0.39, 0.29) is 11.7 Å². The third-order valence-corrected chi connectivity index (χ3v) is 5.13. The molecule has 2 N–H and O–H groups in total. The minimum absolute atomic E-state index is 0.293. The Morgan fingerprint density at radius 2 is 2.00 bits per heavy atom. The minimum atomic E-state index is -3.44. The predicted molar refractivity (Wildman–Crippen MR) is 73.1 cm³/mol. The Morgan fingerprint density at radius 1 is 1.40 bits per heavy atom. The molecule has 0 aromatic heterocycles. The van der Waals surface area contributed by atoms with Crippen molar-refractivity contribution in [2.45, 2.75) is 30.6 Å². The summed E-state index contributed by atoms with van der Waals surface area (Å²) >= 11 is 0. The number of benzene rings is 1. The molecule has 0 radical (unpaired) electrons. The van der Waals surface area contributed by atoms with E-state index in [9.17, 15) is 13.2 Å². The third-order valence-electron chi connectivity index (χ3n) is 3.17. The first kappa shape index (κ1) is 14.8. The molecule has 1 aromatic rings. The fourth-order valence-electron chi connectivity index (χ4n) is 1.91. The number of carboxylic acids is 1. The maximum Gasteiger partial charge on any atom is 0.305 e. The van der Waals surface area contributed by atoms with E-state index in [1.54, 1.807) is 24.3 Å². The van der Waals surface area contributed by atoms with Crippen LogP contribution in [0.2, 0.25) is 0 Å². The first-order chi connectivity index (χ1) is 9.42. The normalized spacial score (nSPS) is 16.6. The minimum Gasteiger partial charge on any atom is -0.497 e. The molecule has 20 heavy (non-hydrogen) atoms. The van der Waals surface area contributed by atoms with Gasteiger partial charge in [-0.25, -0.2) is 13.1 Å². The zero-order valence-corrected chi connectivity index (χ0v) is 11.9. The van der Waals surface area contributed by atoms with E-state index < -0.39 is 22.0 Å². The van der Waals surface area contributed by atoms with Crippen molar-refractivity contribution in [3.63, 3.8) is 0 Å². The molecular formula is C13H17NO5S. The summed E-state index contributed by atoms with van der Waals surface area (Å²) in [6, 6.07) is 5.93. The second-order valence-electron chi connectivity index (χ2n) is 4.79. The van der Waals surface area contributed by atoms with Crippen LogP contribution in [0.5, 0.6) is 5.75 Å². The van der Waals surface area contributed by atoms with Gasteiger partial charge in [0.1, 0.15) is 5.75 Å². The van der Waals surface area contributed by atoms with Crippen molar-refractivity contribution in [1.29, 1.82) is 0 Å². The topological polar surface area (TPSA) is 92.7 Å². The molecule has 0 heterocycles. The van der Waals surface area contributed by atoms with Crippen molar-refractivity contribution in [2.24, 2.45) is 0 Å². The Labute approximate surface area is 117 Å². The zero-order valence-electron chi connectivity index (χ0n) is 11.1. The van der Waals surface area contributed by atoms with E-state index in [4.69, 9.17) is 9.84 Å². The molecule has 1 aliphatic rings. The molecule has 0 saturated heterocycles. The lowest BCUT2D eigenvalue weighted by Crippen LogP contribution is -2.32. The monoisotopic (exact) mass is 299 g/mol. The number of nitrogens with one attached hydrogen (secondary N) is 1. The number of rotatable bonds is 7. The SMILES string of the molecule is COc1ccc(C(CC(=O)O)NS(=O)(=O)C2CC2)cc1. The van der Waals surface area contributed by atoms with Crippen LogP contribution < -0.4 is 9.46 Å². The molecule has 1 atom stereocenters.